The highest BCUT2D eigenvalue weighted by molar-refractivity contribution is 5.93. The molecule has 0 unspecified atom stereocenters. The zero-order chi connectivity index (χ0) is 18.1. The quantitative estimate of drug-likeness (QED) is 0.508. The van der Waals surface area contributed by atoms with Gasteiger partial charge in [-0.25, -0.2) is 0 Å². The minimum Gasteiger partial charge on any atom is -0.458 e. The van der Waals surface area contributed by atoms with Crippen LogP contribution in [0.3, 0.4) is 0 Å². The van der Waals surface area contributed by atoms with Crippen molar-refractivity contribution < 1.29 is 14.3 Å². The fourth-order valence-corrected chi connectivity index (χ4v) is 7.21. The third kappa shape index (κ3) is 2.00. The molecule has 26 heavy (non-hydrogen) atoms. The van der Waals surface area contributed by atoms with Gasteiger partial charge in [0.25, 0.3) is 0 Å². The third-order valence-corrected chi connectivity index (χ3v) is 8.39. The van der Waals surface area contributed by atoms with E-state index in [1.807, 2.05) is 6.08 Å². The summed E-state index contributed by atoms with van der Waals surface area (Å²) in [4.78, 5) is 23.9. The van der Waals surface area contributed by atoms with Gasteiger partial charge in [-0.1, -0.05) is 18.6 Å². The average Bonchev–Trinajstić information content (AvgIpc) is 3.14. The van der Waals surface area contributed by atoms with Crippen LogP contribution in [0.15, 0.2) is 35.5 Å². The molecule has 0 bridgehead atoms. The van der Waals surface area contributed by atoms with E-state index in [2.05, 4.69) is 19.6 Å². The molecule has 0 N–H and O–H groups in total. The zero-order valence-corrected chi connectivity index (χ0v) is 15.7. The van der Waals surface area contributed by atoms with Crippen molar-refractivity contribution in [1.82, 2.24) is 0 Å². The molecule has 1 heterocycles. The van der Waals surface area contributed by atoms with Gasteiger partial charge in [-0.2, -0.15) is 0 Å². The van der Waals surface area contributed by atoms with Crippen LogP contribution >= 0.6 is 0 Å². The third-order valence-electron chi connectivity index (χ3n) is 8.39. The number of rotatable bonds is 1. The molecule has 1 aliphatic heterocycles. The Morgan fingerprint density at radius 2 is 2.00 bits per heavy atom. The van der Waals surface area contributed by atoms with E-state index < -0.39 is 0 Å². The largest absolute Gasteiger partial charge is 0.458 e. The van der Waals surface area contributed by atoms with Crippen molar-refractivity contribution >= 4 is 11.8 Å². The van der Waals surface area contributed by atoms with Crippen LogP contribution in [-0.4, -0.2) is 17.4 Å². The van der Waals surface area contributed by atoms with Crippen molar-refractivity contribution in [2.75, 3.05) is 0 Å². The van der Waals surface area contributed by atoms with Crippen molar-refractivity contribution in [2.45, 2.75) is 70.3 Å². The maximum atomic E-state index is 12.0. The molecule has 0 aromatic carbocycles. The predicted molar refractivity (Wildman–Crippen MR) is 99.3 cm³/mol. The lowest BCUT2D eigenvalue weighted by molar-refractivity contribution is -0.162. The molecule has 1 saturated heterocycles. The number of hydrogen-bond acceptors (Lipinski definition) is 3. The highest BCUT2D eigenvalue weighted by Crippen LogP contribution is 2.68. The normalized spacial score (nSPS) is 44.3. The van der Waals surface area contributed by atoms with Crippen molar-refractivity contribution in [3.05, 3.63) is 35.5 Å². The summed E-state index contributed by atoms with van der Waals surface area (Å²) in [6.45, 7) is 6.56. The number of esters is 1. The molecule has 5 atom stereocenters. The van der Waals surface area contributed by atoms with Crippen molar-refractivity contribution in [3.8, 4) is 0 Å². The van der Waals surface area contributed by atoms with E-state index in [1.165, 1.54) is 11.1 Å². The van der Waals surface area contributed by atoms with Gasteiger partial charge in [-0.05, 0) is 79.9 Å². The lowest BCUT2D eigenvalue weighted by Crippen LogP contribution is -2.51. The van der Waals surface area contributed by atoms with Crippen LogP contribution in [0, 0.1) is 23.2 Å². The number of allylic oxidation sites excluding steroid dienone is 5. The van der Waals surface area contributed by atoms with Gasteiger partial charge in [0.05, 0.1) is 0 Å². The summed E-state index contributed by atoms with van der Waals surface area (Å²) in [5.41, 5.74) is 4.15. The van der Waals surface area contributed by atoms with Gasteiger partial charge in [0.15, 0.2) is 5.78 Å². The SMILES string of the molecule is C=C[C@H]1C[C@@]2(C)[C@@H](CC[C@@]23CCC(=O)O3)[C@@H]2CCC3=CC(=O)CCC3=C21. The molecule has 138 valence electrons. The van der Waals surface area contributed by atoms with Gasteiger partial charge < -0.3 is 4.74 Å². The summed E-state index contributed by atoms with van der Waals surface area (Å²) < 4.78 is 6.03. The Balaban J connectivity index is 1.61. The number of ketones is 1. The number of carbonyl (C=O) groups is 2. The van der Waals surface area contributed by atoms with E-state index in [-0.39, 0.29) is 22.8 Å². The molecule has 0 aromatic heterocycles. The van der Waals surface area contributed by atoms with Crippen LogP contribution in [0.5, 0.6) is 0 Å². The number of fused-ring (bicyclic) bond motifs is 5. The predicted octanol–water partition coefficient (Wildman–Crippen LogP) is 4.68. The summed E-state index contributed by atoms with van der Waals surface area (Å²) in [6, 6.07) is 0. The fourth-order valence-electron chi connectivity index (χ4n) is 7.21. The Morgan fingerprint density at radius 3 is 2.73 bits per heavy atom. The second-order valence-corrected chi connectivity index (χ2v) is 9.29. The molecule has 3 heteroatoms. The monoisotopic (exact) mass is 352 g/mol. The molecule has 0 aromatic rings. The first-order valence-corrected chi connectivity index (χ1v) is 10.3. The molecular weight excluding hydrogens is 324 g/mol. The molecule has 0 amide bonds. The van der Waals surface area contributed by atoms with E-state index in [9.17, 15) is 9.59 Å². The van der Waals surface area contributed by atoms with Gasteiger partial charge >= 0.3 is 5.97 Å². The highest BCUT2D eigenvalue weighted by Gasteiger charge is 2.66. The molecule has 5 aliphatic rings. The average molecular weight is 352 g/mol. The van der Waals surface area contributed by atoms with Gasteiger partial charge in [0, 0.05) is 18.3 Å². The van der Waals surface area contributed by atoms with Crippen LogP contribution in [-0.2, 0) is 14.3 Å². The topological polar surface area (TPSA) is 43.4 Å². The summed E-state index contributed by atoms with van der Waals surface area (Å²) in [5, 5.41) is 0. The molecule has 3 fully saturated rings. The Bertz CT molecular complexity index is 772. The zero-order valence-electron chi connectivity index (χ0n) is 15.7. The fraction of sp³-hybridized carbons (Fsp3) is 0.652. The van der Waals surface area contributed by atoms with Crippen LogP contribution in [0.25, 0.3) is 0 Å². The van der Waals surface area contributed by atoms with Crippen LogP contribution in [0.1, 0.15) is 64.7 Å². The second kappa shape index (κ2) is 5.43. The van der Waals surface area contributed by atoms with Crippen molar-refractivity contribution in [3.63, 3.8) is 0 Å². The van der Waals surface area contributed by atoms with E-state index in [1.54, 1.807) is 5.57 Å². The number of carbonyl (C=O) groups excluding carboxylic acids is 2. The van der Waals surface area contributed by atoms with Crippen molar-refractivity contribution in [1.29, 1.82) is 0 Å². The second-order valence-electron chi connectivity index (χ2n) is 9.29. The van der Waals surface area contributed by atoms with Gasteiger partial charge in [0.2, 0.25) is 0 Å². The minimum absolute atomic E-state index is 0.00848. The summed E-state index contributed by atoms with van der Waals surface area (Å²) in [7, 11) is 0. The highest BCUT2D eigenvalue weighted by atomic mass is 16.6. The Kier molecular flexibility index (Phi) is 3.45. The van der Waals surface area contributed by atoms with E-state index in [0.717, 1.165) is 44.9 Å². The van der Waals surface area contributed by atoms with Gasteiger partial charge in [0.1, 0.15) is 5.60 Å². The first-order valence-electron chi connectivity index (χ1n) is 10.3. The van der Waals surface area contributed by atoms with Crippen LogP contribution < -0.4 is 0 Å². The van der Waals surface area contributed by atoms with E-state index in [0.29, 0.717) is 30.6 Å². The first kappa shape index (κ1) is 16.5. The van der Waals surface area contributed by atoms with E-state index in [4.69, 9.17) is 4.74 Å². The maximum absolute atomic E-state index is 12.0. The lowest BCUT2D eigenvalue weighted by Gasteiger charge is -2.54. The summed E-state index contributed by atoms with van der Waals surface area (Å²) >= 11 is 0. The van der Waals surface area contributed by atoms with Gasteiger partial charge in [-0.15, -0.1) is 6.58 Å². The Labute approximate surface area is 155 Å². The summed E-state index contributed by atoms with van der Waals surface area (Å²) in [5.74, 6) is 1.78. The number of hydrogen-bond donors (Lipinski definition) is 0. The minimum atomic E-state index is -0.245. The molecule has 1 spiro atoms. The Morgan fingerprint density at radius 1 is 1.15 bits per heavy atom. The van der Waals surface area contributed by atoms with Crippen molar-refractivity contribution in [2.24, 2.45) is 23.2 Å². The standard InChI is InChI=1S/C23H28O3/c1-3-14-13-22(2)19(8-10-23(22)11-9-20(25)26-23)18-6-4-15-12-16(24)5-7-17(15)21(14)18/h3,12,14,18-19H,1,4-11,13H2,2H3/t14-,18-,19-,22-,23+/m0/s1. The Hall–Kier alpha value is -1.64. The smallest absolute Gasteiger partial charge is 0.306 e. The maximum Gasteiger partial charge on any atom is 0.306 e. The van der Waals surface area contributed by atoms with Crippen LogP contribution in [0.2, 0.25) is 0 Å². The van der Waals surface area contributed by atoms with Crippen LogP contribution in [0.4, 0.5) is 0 Å². The molecule has 2 saturated carbocycles. The molecule has 0 radical (unpaired) electrons. The molecule has 3 nitrogen and oxygen atoms in total. The molecular formula is C23H28O3. The number of ether oxygens (including phenoxy) is 1. The molecule has 4 aliphatic carbocycles. The molecule has 5 rings (SSSR count). The van der Waals surface area contributed by atoms with E-state index >= 15 is 0 Å². The summed E-state index contributed by atoms with van der Waals surface area (Å²) in [6.07, 6.45) is 12.4. The lowest BCUT2D eigenvalue weighted by atomic mass is 9.52. The first-order chi connectivity index (χ1) is 12.5. The van der Waals surface area contributed by atoms with Gasteiger partial charge in [-0.3, -0.25) is 9.59 Å².